The van der Waals surface area contributed by atoms with E-state index in [1.54, 1.807) is 6.20 Å². The van der Waals surface area contributed by atoms with Crippen LogP contribution < -0.4 is 10.1 Å². The molecule has 1 saturated heterocycles. The number of hydrogen-bond acceptors (Lipinski definition) is 5. The molecule has 0 spiro atoms. The summed E-state index contributed by atoms with van der Waals surface area (Å²) >= 11 is 6.16. The Morgan fingerprint density at radius 1 is 1.25 bits per heavy atom. The molecule has 6 heteroatoms. The summed E-state index contributed by atoms with van der Waals surface area (Å²) in [5.74, 6) is 1.57. The number of hydrogen-bond donors (Lipinski definition) is 1. The topological polar surface area (TPSA) is 56.3 Å². The Bertz CT molecular complexity index is 658. The SMILES string of the molecule is CCOc1ccc(C2(CNc3ncncc3Cl)CCOCC2)cc1. The second-order valence-corrected chi connectivity index (χ2v) is 6.33. The Morgan fingerprint density at radius 2 is 2.00 bits per heavy atom. The molecular weight excluding hydrogens is 326 g/mol. The number of rotatable bonds is 6. The Labute approximate surface area is 147 Å². The monoisotopic (exact) mass is 347 g/mol. The van der Waals surface area contributed by atoms with Crippen LogP contribution >= 0.6 is 11.6 Å². The largest absolute Gasteiger partial charge is 0.494 e. The summed E-state index contributed by atoms with van der Waals surface area (Å²) in [5.41, 5.74) is 1.28. The Hall–Kier alpha value is -1.85. The normalized spacial score (nSPS) is 16.6. The third kappa shape index (κ3) is 3.79. The van der Waals surface area contributed by atoms with E-state index in [4.69, 9.17) is 21.1 Å². The molecule has 1 aliphatic heterocycles. The molecular formula is C18H22ClN3O2. The molecule has 1 aromatic carbocycles. The molecule has 24 heavy (non-hydrogen) atoms. The minimum Gasteiger partial charge on any atom is -0.494 e. The fourth-order valence-corrected chi connectivity index (χ4v) is 3.27. The molecule has 1 fully saturated rings. The maximum absolute atomic E-state index is 6.16. The summed E-state index contributed by atoms with van der Waals surface area (Å²) in [5, 5.41) is 3.93. The highest BCUT2D eigenvalue weighted by molar-refractivity contribution is 6.32. The minimum absolute atomic E-state index is 0.00270. The summed E-state index contributed by atoms with van der Waals surface area (Å²) in [6.45, 7) is 4.93. The Balaban J connectivity index is 1.80. The number of anilines is 1. The molecule has 0 aliphatic carbocycles. The molecule has 1 aliphatic rings. The van der Waals surface area contributed by atoms with Crippen molar-refractivity contribution in [1.29, 1.82) is 0 Å². The lowest BCUT2D eigenvalue weighted by molar-refractivity contribution is 0.0543. The van der Waals surface area contributed by atoms with E-state index in [-0.39, 0.29) is 5.41 Å². The van der Waals surface area contributed by atoms with E-state index in [9.17, 15) is 0 Å². The molecule has 1 aromatic heterocycles. The van der Waals surface area contributed by atoms with Crippen LogP contribution in [-0.2, 0) is 10.2 Å². The molecule has 128 valence electrons. The second kappa shape index (κ2) is 7.81. The van der Waals surface area contributed by atoms with Gasteiger partial charge in [-0.05, 0) is 37.5 Å². The number of aromatic nitrogens is 2. The summed E-state index contributed by atoms with van der Waals surface area (Å²) in [6.07, 6.45) is 5.01. The third-order valence-electron chi connectivity index (χ3n) is 4.49. The van der Waals surface area contributed by atoms with Gasteiger partial charge < -0.3 is 14.8 Å². The van der Waals surface area contributed by atoms with E-state index in [1.807, 2.05) is 19.1 Å². The van der Waals surface area contributed by atoms with Crippen LogP contribution in [0.3, 0.4) is 0 Å². The van der Waals surface area contributed by atoms with Gasteiger partial charge in [0.05, 0.1) is 12.8 Å². The molecule has 0 unspecified atom stereocenters. The maximum Gasteiger partial charge on any atom is 0.148 e. The van der Waals surface area contributed by atoms with Gasteiger partial charge in [0.15, 0.2) is 0 Å². The first kappa shape index (κ1) is 17.0. The molecule has 1 N–H and O–H groups in total. The van der Waals surface area contributed by atoms with Crippen LogP contribution in [0.15, 0.2) is 36.8 Å². The first-order chi connectivity index (χ1) is 11.7. The molecule has 0 atom stereocenters. The van der Waals surface area contributed by atoms with Crippen LogP contribution in [0.4, 0.5) is 5.82 Å². The zero-order valence-corrected chi connectivity index (χ0v) is 14.6. The lowest BCUT2D eigenvalue weighted by Crippen LogP contribution is -2.40. The van der Waals surface area contributed by atoms with Crippen LogP contribution in [-0.4, -0.2) is 36.3 Å². The summed E-state index contributed by atoms with van der Waals surface area (Å²) < 4.78 is 11.1. The van der Waals surface area contributed by atoms with E-state index in [0.717, 1.165) is 38.3 Å². The van der Waals surface area contributed by atoms with Crippen molar-refractivity contribution in [3.63, 3.8) is 0 Å². The maximum atomic E-state index is 6.16. The number of nitrogens with zero attached hydrogens (tertiary/aromatic N) is 2. The van der Waals surface area contributed by atoms with Crippen molar-refractivity contribution < 1.29 is 9.47 Å². The number of ether oxygens (including phenoxy) is 2. The van der Waals surface area contributed by atoms with E-state index in [0.29, 0.717) is 17.4 Å². The average Bonchev–Trinajstić information content (AvgIpc) is 2.63. The Kier molecular flexibility index (Phi) is 5.53. The van der Waals surface area contributed by atoms with Crippen molar-refractivity contribution in [2.45, 2.75) is 25.2 Å². The molecule has 5 nitrogen and oxygen atoms in total. The summed E-state index contributed by atoms with van der Waals surface area (Å²) in [4.78, 5) is 8.15. The molecule has 0 saturated carbocycles. The van der Waals surface area contributed by atoms with Crippen molar-refractivity contribution >= 4 is 17.4 Å². The highest BCUT2D eigenvalue weighted by Gasteiger charge is 2.34. The second-order valence-electron chi connectivity index (χ2n) is 5.92. The number of halogens is 1. The fraction of sp³-hybridized carbons (Fsp3) is 0.444. The smallest absolute Gasteiger partial charge is 0.148 e. The first-order valence-corrected chi connectivity index (χ1v) is 8.62. The lowest BCUT2D eigenvalue weighted by atomic mass is 9.74. The highest BCUT2D eigenvalue weighted by atomic mass is 35.5. The van der Waals surface area contributed by atoms with Gasteiger partial charge in [-0.25, -0.2) is 9.97 Å². The van der Waals surface area contributed by atoms with E-state index < -0.39 is 0 Å². The van der Waals surface area contributed by atoms with E-state index in [2.05, 4.69) is 27.4 Å². The van der Waals surface area contributed by atoms with E-state index >= 15 is 0 Å². The Morgan fingerprint density at radius 3 is 2.67 bits per heavy atom. The first-order valence-electron chi connectivity index (χ1n) is 8.24. The van der Waals surface area contributed by atoms with Gasteiger partial charge in [-0.1, -0.05) is 23.7 Å². The van der Waals surface area contributed by atoms with Gasteiger partial charge in [-0.3, -0.25) is 0 Å². The highest BCUT2D eigenvalue weighted by Crippen LogP contribution is 2.36. The fourth-order valence-electron chi connectivity index (χ4n) is 3.10. The molecule has 0 amide bonds. The third-order valence-corrected chi connectivity index (χ3v) is 4.77. The van der Waals surface area contributed by atoms with Gasteiger partial charge in [0, 0.05) is 25.2 Å². The molecule has 0 radical (unpaired) electrons. The van der Waals surface area contributed by atoms with Crippen molar-refractivity contribution in [1.82, 2.24) is 9.97 Å². The molecule has 3 rings (SSSR count). The van der Waals surface area contributed by atoms with Crippen LogP contribution in [0.2, 0.25) is 5.02 Å². The van der Waals surface area contributed by atoms with Gasteiger partial charge in [-0.15, -0.1) is 0 Å². The minimum atomic E-state index is -0.00270. The average molecular weight is 348 g/mol. The van der Waals surface area contributed by atoms with Crippen molar-refractivity contribution in [2.75, 3.05) is 31.7 Å². The van der Waals surface area contributed by atoms with Crippen LogP contribution in [0, 0.1) is 0 Å². The quantitative estimate of drug-likeness (QED) is 0.863. The van der Waals surface area contributed by atoms with Crippen molar-refractivity contribution in [3.05, 3.63) is 47.4 Å². The van der Waals surface area contributed by atoms with Gasteiger partial charge in [0.25, 0.3) is 0 Å². The lowest BCUT2D eigenvalue weighted by Gasteiger charge is -2.38. The van der Waals surface area contributed by atoms with Crippen LogP contribution in [0.1, 0.15) is 25.3 Å². The standard InChI is InChI=1S/C18H22ClN3O2/c1-2-24-15-5-3-14(4-6-15)18(7-9-23-10-8-18)12-21-17-16(19)11-20-13-22-17/h3-6,11,13H,2,7-10,12H2,1H3,(H,20,21,22). The van der Waals surface area contributed by atoms with Crippen molar-refractivity contribution in [2.24, 2.45) is 0 Å². The van der Waals surface area contributed by atoms with E-state index in [1.165, 1.54) is 11.9 Å². The summed E-state index contributed by atoms with van der Waals surface area (Å²) in [7, 11) is 0. The van der Waals surface area contributed by atoms with Crippen LogP contribution in [0.5, 0.6) is 5.75 Å². The predicted molar refractivity (Wildman–Crippen MR) is 94.9 cm³/mol. The summed E-state index contributed by atoms with van der Waals surface area (Å²) in [6, 6.07) is 8.38. The zero-order valence-electron chi connectivity index (χ0n) is 13.8. The number of benzene rings is 1. The van der Waals surface area contributed by atoms with Crippen LogP contribution in [0.25, 0.3) is 0 Å². The zero-order chi connectivity index (χ0) is 16.8. The molecule has 2 aromatic rings. The van der Waals surface area contributed by atoms with Gasteiger partial charge in [-0.2, -0.15) is 0 Å². The molecule has 0 bridgehead atoms. The van der Waals surface area contributed by atoms with Gasteiger partial charge >= 0.3 is 0 Å². The van der Waals surface area contributed by atoms with Gasteiger partial charge in [0.1, 0.15) is 22.9 Å². The van der Waals surface area contributed by atoms with Gasteiger partial charge in [0.2, 0.25) is 0 Å². The van der Waals surface area contributed by atoms with Crippen molar-refractivity contribution in [3.8, 4) is 5.75 Å². The number of nitrogens with one attached hydrogen (secondary N) is 1. The molecule has 2 heterocycles. The predicted octanol–water partition coefficient (Wildman–Crippen LogP) is 3.69.